The molecule has 0 radical (unpaired) electrons. The molecule has 1 heterocycles. The Hall–Kier alpha value is -0.480. The third-order valence-corrected chi connectivity index (χ3v) is 4.11. The number of nitrogens with one attached hydrogen (secondary N) is 1. The third kappa shape index (κ3) is 3.75. The Kier molecular flexibility index (Phi) is 4.38. The molecule has 1 saturated carbocycles. The smallest absolute Gasteiger partial charge is 0.147 e. The average molecular weight is 267 g/mol. The van der Waals surface area contributed by atoms with Gasteiger partial charge in [-0.15, -0.1) is 0 Å². The van der Waals surface area contributed by atoms with Crippen molar-refractivity contribution in [1.29, 1.82) is 0 Å². The van der Waals surface area contributed by atoms with Crippen LogP contribution >= 0.6 is 11.5 Å². The predicted molar refractivity (Wildman–Crippen MR) is 77.1 cm³/mol. The van der Waals surface area contributed by atoms with Crippen LogP contribution in [0.15, 0.2) is 0 Å². The van der Waals surface area contributed by atoms with E-state index >= 15 is 0 Å². The van der Waals surface area contributed by atoms with Crippen molar-refractivity contribution >= 4 is 11.5 Å². The van der Waals surface area contributed by atoms with E-state index in [1.165, 1.54) is 24.3 Å². The Labute approximate surface area is 115 Å². The fourth-order valence-corrected chi connectivity index (χ4v) is 2.95. The van der Waals surface area contributed by atoms with Crippen molar-refractivity contribution < 1.29 is 0 Å². The first-order chi connectivity index (χ1) is 8.50. The summed E-state index contributed by atoms with van der Waals surface area (Å²) in [5.74, 6) is 1.87. The molecule has 0 aliphatic heterocycles. The molecule has 1 aromatic heterocycles. The van der Waals surface area contributed by atoms with Gasteiger partial charge in [0, 0.05) is 17.9 Å². The maximum absolute atomic E-state index is 4.71. The van der Waals surface area contributed by atoms with Crippen LogP contribution in [-0.2, 0) is 11.8 Å². The van der Waals surface area contributed by atoms with E-state index in [4.69, 9.17) is 4.98 Å². The molecule has 18 heavy (non-hydrogen) atoms. The zero-order valence-electron chi connectivity index (χ0n) is 12.0. The fourth-order valence-electron chi connectivity index (χ4n) is 2.06. The lowest BCUT2D eigenvalue weighted by Crippen LogP contribution is -2.33. The molecule has 0 bridgehead atoms. The first-order valence-corrected chi connectivity index (χ1v) is 7.84. The highest BCUT2D eigenvalue weighted by molar-refractivity contribution is 7.05. The molecule has 1 aromatic rings. The average Bonchev–Trinajstić information content (AvgIpc) is 3.02. The second kappa shape index (κ2) is 5.66. The zero-order valence-corrected chi connectivity index (χ0v) is 12.8. The van der Waals surface area contributed by atoms with E-state index in [-0.39, 0.29) is 5.41 Å². The van der Waals surface area contributed by atoms with Crippen LogP contribution in [0.1, 0.15) is 57.8 Å². The Balaban J connectivity index is 1.96. The summed E-state index contributed by atoms with van der Waals surface area (Å²) in [7, 11) is 0. The molecular weight excluding hydrogens is 242 g/mol. The van der Waals surface area contributed by atoms with Gasteiger partial charge >= 0.3 is 0 Å². The monoisotopic (exact) mass is 267 g/mol. The van der Waals surface area contributed by atoms with Crippen LogP contribution in [0, 0.1) is 5.92 Å². The second-order valence-corrected chi connectivity index (χ2v) is 7.20. The van der Waals surface area contributed by atoms with Gasteiger partial charge in [0.2, 0.25) is 0 Å². The van der Waals surface area contributed by atoms with E-state index in [1.54, 1.807) is 11.5 Å². The van der Waals surface area contributed by atoms with Gasteiger partial charge in [-0.2, -0.15) is 4.37 Å². The predicted octanol–water partition coefficient (Wildman–Crippen LogP) is 3.16. The Morgan fingerprint density at radius 2 is 2.11 bits per heavy atom. The van der Waals surface area contributed by atoms with Gasteiger partial charge < -0.3 is 5.32 Å². The molecule has 1 fully saturated rings. The molecule has 102 valence electrons. The Bertz CT molecular complexity index is 377. The molecule has 3 nitrogen and oxygen atoms in total. The minimum atomic E-state index is 0.0701. The quantitative estimate of drug-likeness (QED) is 0.860. The van der Waals surface area contributed by atoms with Gasteiger partial charge in [-0.1, -0.05) is 27.7 Å². The molecular formula is C14H25N3S. The summed E-state index contributed by atoms with van der Waals surface area (Å²) in [6.07, 6.45) is 5.02. The molecule has 1 unspecified atom stereocenters. The summed E-state index contributed by atoms with van der Waals surface area (Å²) in [4.78, 5) is 4.71. The number of hydrogen-bond donors (Lipinski definition) is 1. The van der Waals surface area contributed by atoms with Gasteiger partial charge in [0.1, 0.15) is 10.8 Å². The lowest BCUT2D eigenvalue weighted by molar-refractivity contribution is 0.457. The largest absolute Gasteiger partial charge is 0.313 e. The van der Waals surface area contributed by atoms with Crippen LogP contribution in [0.3, 0.4) is 0 Å². The van der Waals surface area contributed by atoms with E-state index in [0.717, 1.165) is 24.7 Å². The standard InChI is InChI=1S/C14H25N3S/c1-5-8-15-11(10-6-7-10)9-12-16-13(17-18-12)14(2,3)4/h10-11,15H,5-9H2,1-4H3. The van der Waals surface area contributed by atoms with Crippen molar-refractivity contribution in [2.75, 3.05) is 6.54 Å². The lowest BCUT2D eigenvalue weighted by Gasteiger charge is -2.16. The maximum Gasteiger partial charge on any atom is 0.147 e. The summed E-state index contributed by atoms with van der Waals surface area (Å²) >= 11 is 1.58. The summed E-state index contributed by atoms with van der Waals surface area (Å²) in [6, 6.07) is 0.616. The summed E-state index contributed by atoms with van der Waals surface area (Å²) in [5.41, 5.74) is 0.0701. The van der Waals surface area contributed by atoms with Gasteiger partial charge in [0.05, 0.1) is 0 Å². The van der Waals surface area contributed by atoms with Gasteiger partial charge in [-0.25, -0.2) is 4.98 Å². The number of rotatable bonds is 6. The summed E-state index contributed by atoms with van der Waals surface area (Å²) in [5, 5.41) is 4.86. The van der Waals surface area contributed by atoms with Crippen LogP contribution < -0.4 is 5.32 Å². The van der Waals surface area contributed by atoms with Gasteiger partial charge in [-0.05, 0) is 43.3 Å². The van der Waals surface area contributed by atoms with Gasteiger partial charge in [0.25, 0.3) is 0 Å². The molecule has 2 rings (SSSR count). The molecule has 1 aliphatic carbocycles. The molecule has 0 saturated heterocycles. The lowest BCUT2D eigenvalue weighted by atomic mass is 9.96. The SMILES string of the molecule is CCCNC(Cc1nc(C(C)(C)C)ns1)C1CC1. The first-order valence-electron chi connectivity index (χ1n) is 7.07. The topological polar surface area (TPSA) is 37.8 Å². The minimum absolute atomic E-state index is 0.0701. The van der Waals surface area contributed by atoms with E-state index in [0.29, 0.717) is 6.04 Å². The highest BCUT2D eigenvalue weighted by Gasteiger charge is 2.31. The summed E-state index contributed by atoms with van der Waals surface area (Å²) < 4.78 is 4.50. The van der Waals surface area contributed by atoms with E-state index in [1.807, 2.05) is 0 Å². The van der Waals surface area contributed by atoms with Gasteiger partial charge in [0.15, 0.2) is 0 Å². The Morgan fingerprint density at radius 1 is 1.39 bits per heavy atom. The molecule has 0 aromatic carbocycles. The molecule has 0 spiro atoms. The van der Waals surface area contributed by atoms with Crippen molar-refractivity contribution in [2.45, 2.75) is 64.8 Å². The van der Waals surface area contributed by atoms with Crippen molar-refractivity contribution in [3.63, 3.8) is 0 Å². The first kappa shape index (κ1) is 13.9. The van der Waals surface area contributed by atoms with Gasteiger partial charge in [-0.3, -0.25) is 0 Å². The minimum Gasteiger partial charge on any atom is -0.313 e. The third-order valence-electron chi connectivity index (χ3n) is 3.38. The van der Waals surface area contributed by atoms with E-state index in [2.05, 4.69) is 37.4 Å². The number of aromatic nitrogens is 2. The fraction of sp³-hybridized carbons (Fsp3) is 0.857. The van der Waals surface area contributed by atoms with Crippen LogP contribution in [0.4, 0.5) is 0 Å². The molecule has 0 amide bonds. The van der Waals surface area contributed by atoms with Crippen LogP contribution in [0.5, 0.6) is 0 Å². The van der Waals surface area contributed by atoms with Crippen molar-refractivity contribution in [1.82, 2.24) is 14.7 Å². The number of hydrogen-bond acceptors (Lipinski definition) is 4. The van der Waals surface area contributed by atoms with Crippen molar-refractivity contribution in [3.8, 4) is 0 Å². The van der Waals surface area contributed by atoms with Crippen LogP contribution in [0.2, 0.25) is 0 Å². The van der Waals surface area contributed by atoms with Crippen LogP contribution in [-0.4, -0.2) is 21.9 Å². The zero-order chi connectivity index (χ0) is 13.2. The molecule has 4 heteroatoms. The molecule has 1 atom stereocenters. The number of nitrogens with zero attached hydrogens (tertiary/aromatic N) is 2. The van der Waals surface area contributed by atoms with E-state index in [9.17, 15) is 0 Å². The van der Waals surface area contributed by atoms with Crippen molar-refractivity contribution in [2.24, 2.45) is 5.92 Å². The molecule has 1 N–H and O–H groups in total. The maximum atomic E-state index is 4.71. The highest BCUT2D eigenvalue weighted by atomic mass is 32.1. The normalized spacial score (nSPS) is 18.0. The van der Waals surface area contributed by atoms with Crippen LogP contribution in [0.25, 0.3) is 0 Å². The Morgan fingerprint density at radius 3 is 2.61 bits per heavy atom. The van der Waals surface area contributed by atoms with Crippen molar-refractivity contribution in [3.05, 3.63) is 10.8 Å². The second-order valence-electron chi connectivity index (χ2n) is 6.36. The summed E-state index contributed by atoms with van der Waals surface area (Å²) in [6.45, 7) is 9.86. The highest BCUT2D eigenvalue weighted by Crippen LogP contribution is 2.34. The molecule has 1 aliphatic rings. The van der Waals surface area contributed by atoms with E-state index < -0.39 is 0 Å².